The van der Waals surface area contributed by atoms with Gasteiger partial charge in [-0.05, 0) is 70.6 Å². The molecular formula is C44H79O11P. The van der Waals surface area contributed by atoms with Crippen molar-refractivity contribution in [1.29, 1.82) is 0 Å². The van der Waals surface area contributed by atoms with Crippen molar-refractivity contribution in [2.45, 2.75) is 205 Å². The van der Waals surface area contributed by atoms with E-state index in [2.05, 4.69) is 50.3 Å². The summed E-state index contributed by atoms with van der Waals surface area (Å²) in [6.45, 7) is 2.29. The topological polar surface area (TPSA) is 161 Å². The molecule has 56 heavy (non-hydrogen) atoms. The molecule has 1 fully saturated rings. The third-order valence-electron chi connectivity index (χ3n) is 9.69. The predicted octanol–water partition coefficient (Wildman–Crippen LogP) is 10.5. The molecule has 5 atom stereocenters. The summed E-state index contributed by atoms with van der Waals surface area (Å²) < 4.78 is 38.5. The van der Waals surface area contributed by atoms with Crippen LogP contribution in [0.2, 0.25) is 0 Å². The van der Waals surface area contributed by atoms with E-state index < -0.39 is 51.8 Å². The summed E-state index contributed by atoms with van der Waals surface area (Å²) in [5, 5.41) is 18.3. The van der Waals surface area contributed by atoms with Crippen molar-refractivity contribution in [3.05, 3.63) is 36.5 Å². The highest BCUT2D eigenvalue weighted by molar-refractivity contribution is 7.47. The number of phosphoric ester groups is 1. The third kappa shape index (κ3) is 33.2. The average molecular weight is 815 g/mol. The number of epoxide rings is 1. The van der Waals surface area contributed by atoms with E-state index in [9.17, 15) is 24.2 Å². The fraction of sp³-hybridized carbons (Fsp3) is 0.818. The third-order valence-corrected chi connectivity index (χ3v) is 10.6. The Hall–Kier alpha value is -1.85. The number of hydrogen-bond acceptors (Lipinski definition) is 10. The van der Waals surface area contributed by atoms with Crippen LogP contribution in [0, 0.1) is 0 Å². The van der Waals surface area contributed by atoms with Crippen LogP contribution in [0.25, 0.3) is 0 Å². The number of carbonyl (C=O) groups excluding carboxylic acids is 2. The molecule has 1 aliphatic heterocycles. The van der Waals surface area contributed by atoms with E-state index in [0.29, 0.717) is 25.0 Å². The lowest BCUT2D eigenvalue weighted by Crippen LogP contribution is -2.29. The maximum atomic E-state index is 12.6. The number of aliphatic hydroxyl groups excluding tert-OH is 2. The number of ether oxygens (including phenoxy) is 3. The molecule has 0 spiro atoms. The first-order valence-electron chi connectivity index (χ1n) is 22.1. The van der Waals surface area contributed by atoms with Crippen LogP contribution in [-0.4, -0.2) is 77.9 Å². The van der Waals surface area contributed by atoms with E-state index in [1.807, 2.05) is 0 Å². The van der Waals surface area contributed by atoms with Crippen molar-refractivity contribution >= 4 is 19.8 Å². The van der Waals surface area contributed by atoms with Crippen LogP contribution in [0.15, 0.2) is 36.5 Å². The number of phosphoric acid groups is 1. The first-order valence-corrected chi connectivity index (χ1v) is 23.6. The van der Waals surface area contributed by atoms with Gasteiger partial charge in [0, 0.05) is 12.8 Å². The fourth-order valence-electron chi connectivity index (χ4n) is 6.15. The van der Waals surface area contributed by atoms with Crippen molar-refractivity contribution in [2.75, 3.05) is 26.4 Å². The van der Waals surface area contributed by atoms with E-state index in [1.165, 1.54) is 57.8 Å². The molecule has 1 aliphatic rings. The van der Waals surface area contributed by atoms with Gasteiger partial charge in [-0.2, -0.15) is 0 Å². The molecule has 0 aromatic heterocycles. The zero-order valence-corrected chi connectivity index (χ0v) is 35.9. The number of rotatable bonds is 40. The Kier molecular flexibility index (Phi) is 33.8. The highest BCUT2D eigenvalue weighted by Crippen LogP contribution is 2.43. The first kappa shape index (κ1) is 52.2. The Morgan fingerprint density at radius 3 is 1.77 bits per heavy atom. The smallest absolute Gasteiger partial charge is 0.462 e. The second-order valence-corrected chi connectivity index (χ2v) is 16.6. The van der Waals surface area contributed by atoms with Gasteiger partial charge < -0.3 is 29.3 Å². The number of allylic oxidation sites excluding steroid dienone is 5. The van der Waals surface area contributed by atoms with E-state index in [4.69, 9.17) is 28.4 Å². The van der Waals surface area contributed by atoms with Gasteiger partial charge in [-0.25, -0.2) is 4.57 Å². The molecule has 0 aromatic carbocycles. The molecule has 1 saturated heterocycles. The number of hydrogen-bond donors (Lipinski definition) is 3. The van der Waals surface area contributed by atoms with Crippen molar-refractivity contribution < 1.29 is 52.5 Å². The Bertz CT molecular complexity index is 1090. The molecule has 0 radical (unpaired) electrons. The number of unbranched alkanes of at least 4 members (excludes halogenated alkanes) is 17. The van der Waals surface area contributed by atoms with Gasteiger partial charge in [0.05, 0.1) is 32.0 Å². The summed E-state index contributed by atoms with van der Waals surface area (Å²) in [5.74, 6) is -0.956. The number of carbonyl (C=O) groups is 2. The van der Waals surface area contributed by atoms with Crippen molar-refractivity contribution in [2.24, 2.45) is 0 Å². The molecule has 3 unspecified atom stereocenters. The molecule has 3 N–H and O–H groups in total. The summed E-state index contributed by atoms with van der Waals surface area (Å²) in [7, 11) is -4.63. The summed E-state index contributed by atoms with van der Waals surface area (Å²) in [4.78, 5) is 35.0. The normalized spacial score (nSPS) is 17.8. The minimum atomic E-state index is -4.63. The van der Waals surface area contributed by atoms with Gasteiger partial charge in [0.25, 0.3) is 0 Å². The second kappa shape index (κ2) is 36.2. The maximum absolute atomic E-state index is 12.6. The van der Waals surface area contributed by atoms with Gasteiger partial charge in [-0.15, -0.1) is 0 Å². The number of esters is 2. The van der Waals surface area contributed by atoms with Crippen LogP contribution >= 0.6 is 7.82 Å². The van der Waals surface area contributed by atoms with Crippen molar-refractivity contribution in [3.8, 4) is 0 Å². The average Bonchev–Trinajstić information content (AvgIpc) is 3.94. The van der Waals surface area contributed by atoms with Crippen LogP contribution in [-0.2, 0) is 37.4 Å². The van der Waals surface area contributed by atoms with Crippen molar-refractivity contribution in [1.82, 2.24) is 0 Å². The van der Waals surface area contributed by atoms with Crippen LogP contribution in [0.1, 0.15) is 181 Å². The Morgan fingerprint density at radius 1 is 0.643 bits per heavy atom. The zero-order chi connectivity index (χ0) is 41.0. The lowest BCUT2D eigenvalue weighted by molar-refractivity contribution is -0.161. The Morgan fingerprint density at radius 2 is 1.16 bits per heavy atom. The van der Waals surface area contributed by atoms with Gasteiger partial charge in [0.1, 0.15) is 12.7 Å². The van der Waals surface area contributed by atoms with Gasteiger partial charge in [-0.3, -0.25) is 18.6 Å². The minimum absolute atomic E-state index is 0.169. The van der Waals surface area contributed by atoms with E-state index >= 15 is 0 Å². The second-order valence-electron chi connectivity index (χ2n) is 15.1. The monoisotopic (exact) mass is 815 g/mol. The summed E-state index contributed by atoms with van der Waals surface area (Å²) in [6.07, 6.45) is 38.4. The Balaban J connectivity index is 2.25. The molecule has 11 nitrogen and oxygen atoms in total. The SMILES string of the molecule is CCCCC/C=C\C/C=C\CCCCCCCCCC(=O)O[C@H](COC(=O)CCCCCCCC1OC1C/C=C\CCCCC)COP(=O)(O)OC[C@@H](O)CO. The van der Waals surface area contributed by atoms with Crippen LogP contribution in [0.3, 0.4) is 0 Å². The zero-order valence-electron chi connectivity index (χ0n) is 35.0. The summed E-state index contributed by atoms with van der Waals surface area (Å²) in [5.41, 5.74) is 0. The van der Waals surface area contributed by atoms with Crippen LogP contribution in [0.5, 0.6) is 0 Å². The lowest BCUT2D eigenvalue weighted by Gasteiger charge is -2.20. The van der Waals surface area contributed by atoms with Gasteiger partial charge in [0.15, 0.2) is 6.10 Å². The number of aliphatic hydroxyl groups is 2. The van der Waals surface area contributed by atoms with Crippen molar-refractivity contribution in [3.63, 3.8) is 0 Å². The standard InChI is InChI=1S/C44H79O11P/c1-3-5-7-9-11-12-13-14-15-16-17-18-19-20-21-25-30-34-44(48)54-40(38-53-56(49,50)52-36-39(46)35-45)37-51-43(47)33-29-26-22-24-28-32-42-41(55-42)31-27-23-10-8-6-4-2/h11-12,14-15,23,27,39-42,45-46H,3-10,13,16-22,24-26,28-38H2,1-2H3,(H,49,50)/b12-11-,15-14-,27-23-/t39-,40+,41?,42?/m0/s1. The molecule has 0 amide bonds. The molecule has 1 heterocycles. The van der Waals surface area contributed by atoms with Gasteiger partial charge in [-0.1, -0.05) is 134 Å². The predicted molar refractivity (Wildman–Crippen MR) is 223 cm³/mol. The van der Waals surface area contributed by atoms with E-state index in [1.54, 1.807) is 0 Å². The van der Waals surface area contributed by atoms with Gasteiger partial charge >= 0.3 is 19.8 Å². The van der Waals surface area contributed by atoms with Gasteiger partial charge in [0.2, 0.25) is 0 Å². The highest BCUT2D eigenvalue weighted by atomic mass is 31.2. The quantitative estimate of drug-likeness (QED) is 0.0177. The molecule has 0 bridgehead atoms. The molecule has 0 saturated carbocycles. The molecular weight excluding hydrogens is 735 g/mol. The summed E-state index contributed by atoms with van der Waals surface area (Å²) in [6, 6.07) is 0. The maximum Gasteiger partial charge on any atom is 0.472 e. The molecule has 12 heteroatoms. The first-order chi connectivity index (χ1) is 27.2. The highest BCUT2D eigenvalue weighted by Gasteiger charge is 2.36. The largest absolute Gasteiger partial charge is 0.472 e. The van der Waals surface area contributed by atoms with Crippen LogP contribution in [0.4, 0.5) is 0 Å². The minimum Gasteiger partial charge on any atom is -0.462 e. The molecule has 0 aromatic rings. The molecule has 1 rings (SSSR count). The lowest BCUT2D eigenvalue weighted by atomic mass is 10.1. The fourth-order valence-corrected chi connectivity index (χ4v) is 6.94. The summed E-state index contributed by atoms with van der Waals surface area (Å²) >= 11 is 0. The van der Waals surface area contributed by atoms with Crippen LogP contribution < -0.4 is 0 Å². The van der Waals surface area contributed by atoms with E-state index in [-0.39, 0.29) is 19.4 Å². The van der Waals surface area contributed by atoms with E-state index in [0.717, 1.165) is 83.5 Å². The molecule has 0 aliphatic carbocycles. The molecule has 326 valence electrons. The Labute approximate surface area is 339 Å².